The molecule has 1 aliphatic carbocycles. The van der Waals surface area contributed by atoms with Gasteiger partial charge in [0.2, 0.25) is 0 Å². The number of nitrogens with zero attached hydrogens (tertiary/aromatic N) is 1. The van der Waals surface area contributed by atoms with Crippen LogP contribution in [0.25, 0.3) is 0 Å². The van der Waals surface area contributed by atoms with Gasteiger partial charge in [-0.1, -0.05) is 36.6 Å². The van der Waals surface area contributed by atoms with Crippen LogP contribution in [0.5, 0.6) is 0 Å². The van der Waals surface area contributed by atoms with Gasteiger partial charge in [0.25, 0.3) is 5.91 Å². The average molecular weight is 510 g/mol. The molecule has 7 heteroatoms. The molecule has 1 saturated carbocycles. The summed E-state index contributed by atoms with van der Waals surface area (Å²) < 4.78 is 0.912. The van der Waals surface area contributed by atoms with Crippen LogP contribution in [0.3, 0.4) is 0 Å². The third kappa shape index (κ3) is 4.60. The van der Waals surface area contributed by atoms with Crippen molar-refractivity contribution in [2.45, 2.75) is 31.1 Å². The molecule has 3 rings (SSSR count). The smallest absolute Gasteiger partial charge is 0.258 e. The molecule has 0 spiro atoms. The number of hydrogen-bond donors (Lipinski definition) is 2. The van der Waals surface area contributed by atoms with Crippen LogP contribution in [-0.2, 0) is 5.41 Å². The zero-order chi connectivity index (χ0) is 19.4. The Hall–Kier alpha value is -1.69. The van der Waals surface area contributed by atoms with E-state index in [9.17, 15) is 10.1 Å². The molecule has 0 aromatic heterocycles. The fourth-order valence-corrected chi connectivity index (χ4v) is 4.23. The van der Waals surface area contributed by atoms with E-state index in [1.807, 2.05) is 30.3 Å². The van der Waals surface area contributed by atoms with Gasteiger partial charge in [-0.2, -0.15) is 5.26 Å². The first-order valence-corrected chi connectivity index (χ1v) is 10.4. The first-order valence-electron chi connectivity index (χ1n) is 8.53. The lowest BCUT2D eigenvalue weighted by molar-refractivity contribution is 0.0978. The molecule has 2 aromatic carbocycles. The van der Waals surface area contributed by atoms with Crippen molar-refractivity contribution in [1.29, 1.82) is 5.26 Å². The summed E-state index contributed by atoms with van der Waals surface area (Å²) in [6, 6.07) is 15.4. The summed E-state index contributed by atoms with van der Waals surface area (Å²) in [6.07, 6.45) is 3.98. The van der Waals surface area contributed by atoms with E-state index in [-0.39, 0.29) is 16.4 Å². The minimum atomic E-state index is -0.367. The molecule has 138 valence electrons. The molecule has 0 atom stereocenters. The fourth-order valence-electron chi connectivity index (χ4n) is 3.32. The SMILES string of the molecule is N#CC1(c2ccc(NC(=S)NC(=O)c3cc(I)ccc3Cl)cc2)CCCC1. The van der Waals surface area contributed by atoms with Crippen LogP contribution in [0.2, 0.25) is 5.02 Å². The molecule has 2 N–H and O–H groups in total. The van der Waals surface area contributed by atoms with Crippen LogP contribution in [0.1, 0.15) is 41.6 Å². The van der Waals surface area contributed by atoms with E-state index < -0.39 is 0 Å². The number of halogens is 2. The van der Waals surface area contributed by atoms with Crippen LogP contribution in [0, 0.1) is 14.9 Å². The predicted octanol–water partition coefficient (Wildman–Crippen LogP) is 5.41. The van der Waals surface area contributed by atoms with E-state index in [0.29, 0.717) is 10.6 Å². The number of carbonyl (C=O) groups is 1. The maximum atomic E-state index is 12.4. The number of anilines is 1. The number of rotatable bonds is 3. The van der Waals surface area contributed by atoms with Crippen LogP contribution >= 0.6 is 46.4 Å². The topological polar surface area (TPSA) is 64.9 Å². The van der Waals surface area contributed by atoms with Crippen LogP contribution in [0.4, 0.5) is 5.69 Å². The summed E-state index contributed by atoms with van der Waals surface area (Å²) in [4.78, 5) is 12.4. The van der Waals surface area contributed by atoms with Gasteiger partial charge in [0.1, 0.15) is 0 Å². The van der Waals surface area contributed by atoms with Crippen molar-refractivity contribution in [2.24, 2.45) is 0 Å². The number of nitrogens with one attached hydrogen (secondary N) is 2. The molecule has 1 amide bonds. The predicted molar refractivity (Wildman–Crippen MR) is 120 cm³/mol. The van der Waals surface area contributed by atoms with Gasteiger partial charge in [-0.3, -0.25) is 10.1 Å². The van der Waals surface area contributed by atoms with Gasteiger partial charge in [-0.25, -0.2) is 0 Å². The molecule has 27 heavy (non-hydrogen) atoms. The molecule has 0 radical (unpaired) electrons. The van der Waals surface area contributed by atoms with Gasteiger partial charge in [0, 0.05) is 9.26 Å². The third-order valence-electron chi connectivity index (χ3n) is 4.77. The minimum Gasteiger partial charge on any atom is -0.332 e. The Balaban J connectivity index is 1.65. The lowest BCUT2D eigenvalue weighted by Crippen LogP contribution is -2.34. The summed E-state index contributed by atoms with van der Waals surface area (Å²) in [5, 5.41) is 15.8. The summed E-state index contributed by atoms with van der Waals surface area (Å²) in [5.74, 6) is -0.359. The normalized spacial score (nSPS) is 15.0. The van der Waals surface area contributed by atoms with Crippen LogP contribution < -0.4 is 10.6 Å². The number of carbonyl (C=O) groups excluding carboxylic acids is 1. The Kier molecular flexibility index (Phi) is 6.35. The van der Waals surface area contributed by atoms with Crippen LogP contribution in [0.15, 0.2) is 42.5 Å². The number of nitriles is 1. The Morgan fingerprint density at radius 2 is 1.85 bits per heavy atom. The molecular weight excluding hydrogens is 493 g/mol. The first kappa shape index (κ1) is 20.1. The molecule has 1 fully saturated rings. The highest BCUT2D eigenvalue weighted by molar-refractivity contribution is 14.1. The number of thiocarbonyl (C=S) groups is 1. The standard InChI is InChI=1S/C20H17ClIN3OS/c21-17-8-5-14(22)11-16(17)18(26)25-19(27)24-15-6-3-13(4-7-15)20(12-23)9-1-2-10-20/h3-8,11H,1-2,9-10H2,(H2,24,25,26,27). The Labute approximate surface area is 182 Å². The zero-order valence-corrected chi connectivity index (χ0v) is 18.1. The quantitative estimate of drug-likeness (QED) is 0.429. The molecule has 2 aromatic rings. The van der Waals surface area contributed by atoms with Gasteiger partial charge in [0.15, 0.2) is 5.11 Å². The third-order valence-corrected chi connectivity index (χ3v) is 5.97. The lowest BCUT2D eigenvalue weighted by Gasteiger charge is -2.21. The monoisotopic (exact) mass is 509 g/mol. The molecular formula is C20H17ClIN3OS. The van der Waals surface area contributed by atoms with Gasteiger partial charge in [-0.05, 0) is 83.5 Å². The van der Waals surface area contributed by atoms with Crippen molar-refractivity contribution in [2.75, 3.05) is 5.32 Å². The maximum Gasteiger partial charge on any atom is 0.258 e. The highest BCUT2D eigenvalue weighted by Gasteiger charge is 2.35. The molecule has 0 saturated heterocycles. The van der Waals surface area contributed by atoms with Crippen molar-refractivity contribution in [3.8, 4) is 6.07 Å². The minimum absolute atomic E-state index is 0.193. The second kappa shape index (κ2) is 8.55. The number of benzene rings is 2. The zero-order valence-electron chi connectivity index (χ0n) is 14.4. The van der Waals surface area contributed by atoms with E-state index >= 15 is 0 Å². The van der Waals surface area contributed by atoms with Crippen molar-refractivity contribution < 1.29 is 4.79 Å². The van der Waals surface area contributed by atoms with Gasteiger partial charge in [0.05, 0.1) is 22.1 Å². The van der Waals surface area contributed by atoms with Crippen molar-refractivity contribution in [1.82, 2.24) is 5.32 Å². The maximum absolute atomic E-state index is 12.4. The van der Waals surface area contributed by atoms with Gasteiger partial charge in [-0.15, -0.1) is 0 Å². The number of amides is 1. The largest absolute Gasteiger partial charge is 0.332 e. The van der Waals surface area contributed by atoms with E-state index in [4.69, 9.17) is 23.8 Å². The molecule has 0 aliphatic heterocycles. The summed E-state index contributed by atoms with van der Waals surface area (Å²) in [6.45, 7) is 0. The van der Waals surface area contributed by atoms with Crippen molar-refractivity contribution >= 4 is 63.1 Å². The van der Waals surface area contributed by atoms with E-state index in [1.165, 1.54) is 0 Å². The second-order valence-corrected chi connectivity index (χ2v) is 8.57. The van der Waals surface area contributed by atoms with Crippen molar-refractivity contribution in [3.05, 3.63) is 62.2 Å². The second-order valence-electron chi connectivity index (χ2n) is 6.51. The highest BCUT2D eigenvalue weighted by Crippen LogP contribution is 2.40. The Morgan fingerprint density at radius 1 is 1.19 bits per heavy atom. The summed E-state index contributed by atoms with van der Waals surface area (Å²) >= 11 is 13.4. The molecule has 0 bridgehead atoms. The summed E-state index contributed by atoms with van der Waals surface area (Å²) in [7, 11) is 0. The molecule has 0 unspecified atom stereocenters. The van der Waals surface area contributed by atoms with E-state index in [2.05, 4.69) is 39.3 Å². The van der Waals surface area contributed by atoms with E-state index in [0.717, 1.165) is 40.5 Å². The van der Waals surface area contributed by atoms with Gasteiger partial charge >= 0.3 is 0 Å². The molecule has 0 heterocycles. The van der Waals surface area contributed by atoms with Gasteiger partial charge < -0.3 is 5.32 Å². The Bertz CT molecular complexity index is 918. The average Bonchev–Trinajstić information content (AvgIpc) is 3.14. The number of hydrogen-bond acceptors (Lipinski definition) is 3. The van der Waals surface area contributed by atoms with E-state index in [1.54, 1.807) is 12.1 Å². The lowest BCUT2D eigenvalue weighted by atomic mass is 9.80. The van der Waals surface area contributed by atoms with Crippen LogP contribution in [-0.4, -0.2) is 11.0 Å². The van der Waals surface area contributed by atoms with Crippen molar-refractivity contribution in [3.63, 3.8) is 0 Å². The summed E-state index contributed by atoms with van der Waals surface area (Å²) in [5.41, 5.74) is 1.80. The highest BCUT2D eigenvalue weighted by atomic mass is 127. The first-order chi connectivity index (χ1) is 12.9. The Morgan fingerprint density at radius 3 is 2.48 bits per heavy atom. The molecule has 1 aliphatic rings. The molecule has 4 nitrogen and oxygen atoms in total. The fraction of sp³-hybridized carbons (Fsp3) is 0.250.